The van der Waals surface area contributed by atoms with Gasteiger partial charge in [0.25, 0.3) is 0 Å². The van der Waals surface area contributed by atoms with Crippen molar-refractivity contribution in [1.29, 1.82) is 0 Å². The van der Waals surface area contributed by atoms with Crippen LogP contribution >= 0.6 is 0 Å². The van der Waals surface area contributed by atoms with Crippen molar-refractivity contribution in [2.45, 2.75) is 19.3 Å². The molecule has 1 aliphatic heterocycles. The molecule has 0 saturated carbocycles. The molecule has 1 aromatic heterocycles. The number of nitrogens with zero attached hydrogens (tertiary/aromatic N) is 1. The highest BCUT2D eigenvalue weighted by Crippen LogP contribution is 2.28. The largest absolute Gasteiger partial charge is 0.508 e. The Morgan fingerprint density at radius 3 is 2.83 bits per heavy atom. The van der Waals surface area contributed by atoms with Crippen LogP contribution in [-0.2, 0) is 11.2 Å². The molecule has 0 aliphatic carbocycles. The van der Waals surface area contributed by atoms with Gasteiger partial charge in [0.05, 0.1) is 5.69 Å². The number of hydrogen-bond acceptors (Lipinski definition) is 5. The number of phenolic OH excluding ortho intramolecular Hbond substituents is 1. The first-order valence-electron chi connectivity index (χ1n) is 9.98. The number of rotatable bonds is 6. The van der Waals surface area contributed by atoms with Crippen LogP contribution in [0.15, 0.2) is 65.2 Å². The monoisotopic (exact) mass is 391 g/mol. The first-order chi connectivity index (χ1) is 14.2. The van der Waals surface area contributed by atoms with Crippen LogP contribution in [0.1, 0.15) is 18.5 Å². The van der Waals surface area contributed by atoms with E-state index in [1.807, 2.05) is 36.4 Å². The number of phenols is 1. The molecule has 6 nitrogen and oxygen atoms in total. The summed E-state index contributed by atoms with van der Waals surface area (Å²) in [6.45, 7) is 1.77. The Labute approximate surface area is 169 Å². The van der Waals surface area contributed by atoms with E-state index in [2.05, 4.69) is 15.8 Å². The number of aromatic nitrogens is 1. The van der Waals surface area contributed by atoms with E-state index in [0.29, 0.717) is 18.0 Å². The Morgan fingerprint density at radius 2 is 2.00 bits per heavy atom. The number of carbonyl (C=O) groups is 1. The average Bonchev–Trinajstić information content (AvgIpc) is 3.19. The van der Waals surface area contributed by atoms with E-state index < -0.39 is 0 Å². The molecule has 0 spiro atoms. The molecule has 0 bridgehead atoms. The first kappa shape index (κ1) is 19.2. The SMILES string of the molecule is O=C(CC1CCNCC1Cc1cc(-c2ccccc2)on1)Nc1cccc(O)c1. The normalized spacial score (nSPS) is 19.0. The number of hydrogen-bond donors (Lipinski definition) is 3. The van der Waals surface area contributed by atoms with Crippen molar-refractivity contribution in [1.82, 2.24) is 10.5 Å². The lowest BCUT2D eigenvalue weighted by atomic mass is 9.81. The number of benzene rings is 2. The van der Waals surface area contributed by atoms with Gasteiger partial charge < -0.3 is 20.3 Å². The lowest BCUT2D eigenvalue weighted by Crippen LogP contribution is -2.39. The van der Waals surface area contributed by atoms with Gasteiger partial charge in [0.2, 0.25) is 5.91 Å². The standard InChI is InChI=1S/C23H25N3O3/c27-21-8-4-7-19(13-21)25-23(28)12-17-9-10-24-15-18(17)11-20-14-22(29-26-20)16-5-2-1-3-6-16/h1-8,13-14,17-18,24,27H,9-12,15H2,(H,25,28). The summed E-state index contributed by atoms with van der Waals surface area (Å²) >= 11 is 0. The van der Waals surface area contributed by atoms with E-state index in [-0.39, 0.29) is 17.6 Å². The molecule has 2 heterocycles. The van der Waals surface area contributed by atoms with Crippen LogP contribution in [0.4, 0.5) is 5.69 Å². The summed E-state index contributed by atoms with van der Waals surface area (Å²) in [5, 5.41) is 20.1. The zero-order valence-electron chi connectivity index (χ0n) is 16.2. The Kier molecular flexibility index (Phi) is 5.91. The zero-order valence-corrected chi connectivity index (χ0v) is 16.2. The van der Waals surface area contributed by atoms with Gasteiger partial charge in [-0.25, -0.2) is 0 Å². The summed E-state index contributed by atoms with van der Waals surface area (Å²) in [5.74, 6) is 1.46. The molecule has 3 N–H and O–H groups in total. The van der Waals surface area contributed by atoms with Crippen molar-refractivity contribution in [3.05, 3.63) is 66.4 Å². The summed E-state index contributed by atoms with van der Waals surface area (Å²) < 4.78 is 5.53. The number of nitrogens with one attached hydrogen (secondary N) is 2. The van der Waals surface area contributed by atoms with Gasteiger partial charge >= 0.3 is 0 Å². The van der Waals surface area contributed by atoms with Crippen LogP contribution < -0.4 is 10.6 Å². The lowest BCUT2D eigenvalue weighted by molar-refractivity contribution is -0.117. The summed E-state index contributed by atoms with van der Waals surface area (Å²) in [7, 11) is 0. The number of piperidine rings is 1. The van der Waals surface area contributed by atoms with Gasteiger partial charge in [0.1, 0.15) is 5.75 Å². The smallest absolute Gasteiger partial charge is 0.224 e. The molecule has 4 rings (SSSR count). The van der Waals surface area contributed by atoms with Crippen LogP contribution in [0, 0.1) is 11.8 Å². The molecule has 1 aliphatic rings. The Hall–Kier alpha value is -3.12. The third kappa shape index (κ3) is 5.03. The highest BCUT2D eigenvalue weighted by Gasteiger charge is 2.28. The maximum absolute atomic E-state index is 12.5. The van der Waals surface area contributed by atoms with E-state index in [1.54, 1.807) is 24.3 Å². The topological polar surface area (TPSA) is 87.4 Å². The van der Waals surface area contributed by atoms with E-state index in [4.69, 9.17) is 4.52 Å². The molecule has 2 aromatic carbocycles. The number of carbonyl (C=O) groups excluding carboxylic acids is 1. The maximum Gasteiger partial charge on any atom is 0.224 e. The molecule has 1 amide bonds. The van der Waals surface area contributed by atoms with Crippen molar-refractivity contribution < 1.29 is 14.4 Å². The Balaban J connectivity index is 1.39. The third-order valence-corrected chi connectivity index (χ3v) is 5.43. The van der Waals surface area contributed by atoms with Crippen LogP contribution in [0.25, 0.3) is 11.3 Å². The summed E-state index contributed by atoms with van der Waals surface area (Å²) in [6.07, 6.45) is 2.17. The van der Waals surface area contributed by atoms with E-state index in [0.717, 1.165) is 42.9 Å². The predicted molar refractivity (Wildman–Crippen MR) is 111 cm³/mol. The summed E-state index contributed by atoms with van der Waals surface area (Å²) in [6, 6.07) is 18.5. The second-order valence-electron chi connectivity index (χ2n) is 7.57. The highest BCUT2D eigenvalue weighted by atomic mass is 16.5. The van der Waals surface area contributed by atoms with Crippen molar-refractivity contribution in [3.63, 3.8) is 0 Å². The molecular formula is C23H25N3O3. The Bertz CT molecular complexity index is 955. The fraction of sp³-hybridized carbons (Fsp3) is 0.304. The Morgan fingerprint density at radius 1 is 1.14 bits per heavy atom. The zero-order chi connectivity index (χ0) is 20.1. The summed E-state index contributed by atoms with van der Waals surface area (Å²) in [4.78, 5) is 12.5. The maximum atomic E-state index is 12.5. The van der Waals surface area contributed by atoms with Crippen molar-refractivity contribution >= 4 is 11.6 Å². The fourth-order valence-corrected chi connectivity index (χ4v) is 3.93. The number of anilines is 1. The molecule has 1 fully saturated rings. The van der Waals surface area contributed by atoms with Gasteiger partial charge in [0.15, 0.2) is 5.76 Å². The molecule has 2 atom stereocenters. The fourth-order valence-electron chi connectivity index (χ4n) is 3.93. The quantitative estimate of drug-likeness (QED) is 0.594. The number of aromatic hydroxyl groups is 1. The van der Waals surface area contributed by atoms with E-state index in [1.165, 1.54) is 0 Å². The molecule has 2 unspecified atom stereocenters. The van der Waals surface area contributed by atoms with Gasteiger partial charge in [-0.15, -0.1) is 0 Å². The van der Waals surface area contributed by atoms with Crippen LogP contribution in [0.3, 0.4) is 0 Å². The van der Waals surface area contributed by atoms with Gasteiger partial charge in [0, 0.05) is 29.8 Å². The molecular weight excluding hydrogens is 366 g/mol. The predicted octanol–water partition coefficient (Wildman–Crippen LogP) is 3.84. The highest BCUT2D eigenvalue weighted by molar-refractivity contribution is 5.91. The molecule has 29 heavy (non-hydrogen) atoms. The molecule has 150 valence electrons. The van der Waals surface area contributed by atoms with E-state index >= 15 is 0 Å². The minimum Gasteiger partial charge on any atom is -0.508 e. The second-order valence-corrected chi connectivity index (χ2v) is 7.57. The van der Waals surface area contributed by atoms with Crippen molar-refractivity contribution in [2.24, 2.45) is 11.8 Å². The minimum atomic E-state index is -0.0300. The van der Waals surface area contributed by atoms with Crippen LogP contribution in [0.5, 0.6) is 5.75 Å². The van der Waals surface area contributed by atoms with E-state index in [9.17, 15) is 9.90 Å². The molecule has 3 aromatic rings. The summed E-state index contributed by atoms with van der Waals surface area (Å²) in [5.41, 5.74) is 2.54. The van der Waals surface area contributed by atoms with Gasteiger partial charge in [-0.05, 0) is 49.9 Å². The number of amides is 1. The van der Waals surface area contributed by atoms with Gasteiger partial charge in [-0.3, -0.25) is 4.79 Å². The van der Waals surface area contributed by atoms with Crippen molar-refractivity contribution in [2.75, 3.05) is 18.4 Å². The molecule has 1 saturated heterocycles. The van der Waals surface area contributed by atoms with Gasteiger partial charge in [-0.2, -0.15) is 0 Å². The second kappa shape index (κ2) is 8.92. The van der Waals surface area contributed by atoms with Gasteiger partial charge in [-0.1, -0.05) is 41.6 Å². The average molecular weight is 391 g/mol. The first-order valence-corrected chi connectivity index (χ1v) is 9.98. The third-order valence-electron chi connectivity index (χ3n) is 5.43. The minimum absolute atomic E-state index is 0.0300. The van der Waals surface area contributed by atoms with Crippen molar-refractivity contribution in [3.8, 4) is 17.1 Å². The lowest BCUT2D eigenvalue weighted by Gasteiger charge is -2.31. The van der Waals surface area contributed by atoms with Crippen LogP contribution in [-0.4, -0.2) is 29.3 Å². The van der Waals surface area contributed by atoms with Crippen LogP contribution in [0.2, 0.25) is 0 Å². The molecule has 6 heteroatoms. The molecule has 0 radical (unpaired) electrons.